The molecule has 0 aromatic heterocycles. The average molecular weight is 397 g/mol. The van der Waals surface area contributed by atoms with Crippen molar-refractivity contribution in [2.24, 2.45) is 0 Å². The van der Waals surface area contributed by atoms with E-state index in [1.807, 2.05) is 27.7 Å². The van der Waals surface area contributed by atoms with Crippen LogP contribution in [0.15, 0.2) is 27.6 Å². The van der Waals surface area contributed by atoms with Crippen molar-refractivity contribution >= 4 is 37.6 Å². The highest BCUT2D eigenvalue weighted by molar-refractivity contribution is 9.10. The second-order valence-corrected chi connectivity index (χ2v) is 9.70. The van der Waals surface area contributed by atoms with Crippen LogP contribution >= 0.6 is 27.5 Å². The Labute approximate surface area is 139 Å². The fourth-order valence-electron chi connectivity index (χ4n) is 2.71. The molecule has 0 saturated carbocycles. The van der Waals surface area contributed by atoms with Crippen molar-refractivity contribution in [3.8, 4) is 0 Å². The summed E-state index contributed by atoms with van der Waals surface area (Å²) >= 11 is 9.39. The topological polar surface area (TPSA) is 46.6 Å². The zero-order chi connectivity index (χ0) is 16.1. The van der Waals surface area contributed by atoms with Gasteiger partial charge in [0, 0.05) is 17.6 Å². The molecule has 0 bridgehead atoms. The van der Waals surface area contributed by atoms with Gasteiger partial charge < -0.3 is 4.74 Å². The molecule has 21 heavy (non-hydrogen) atoms. The summed E-state index contributed by atoms with van der Waals surface area (Å²) in [5, 5.41) is 0.214. The smallest absolute Gasteiger partial charge is 0.244 e. The van der Waals surface area contributed by atoms with Crippen LogP contribution in [-0.4, -0.2) is 37.0 Å². The quantitative estimate of drug-likeness (QED) is 0.766. The van der Waals surface area contributed by atoms with Crippen molar-refractivity contribution in [3.05, 3.63) is 27.7 Å². The lowest BCUT2D eigenvalue weighted by Crippen LogP contribution is -2.58. The van der Waals surface area contributed by atoms with Crippen molar-refractivity contribution in [1.29, 1.82) is 0 Å². The maximum absolute atomic E-state index is 12.9. The number of nitrogens with zero attached hydrogens (tertiary/aromatic N) is 1. The third-order valence-electron chi connectivity index (χ3n) is 3.18. The lowest BCUT2D eigenvalue weighted by molar-refractivity contribution is -0.163. The van der Waals surface area contributed by atoms with Crippen LogP contribution in [0.4, 0.5) is 0 Å². The molecular weight excluding hydrogens is 378 g/mol. The molecule has 1 aliphatic heterocycles. The molecule has 0 atom stereocenters. The first-order valence-corrected chi connectivity index (χ1v) is 9.19. The van der Waals surface area contributed by atoms with E-state index < -0.39 is 21.2 Å². The van der Waals surface area contributed by atoms with Gasteiger partial charge in [0.2, 0.25) is 10.0 Å². The standard InChI is InChI=1S/C14H19BrClNO3S/c1-13(2)8-17(9-14(3,4)20-13)21(18,19)12-6-5-10(15)7-11(12)16/h5-7H,8-9H2,1-4H3. The minimum Gasteiger partial charge on any atom is -0.367 e. The van der Waals surface area contributed by atoms with E-state index in [0.717, 1.165) is 4.47 Å². The molecule has 0 amide bonds. The first-order chi connectivity index (χ1) is 9.43. The molecule has 0 N–H and O–H groups in total. The van der Waals surface area contributed by atoms with Gasteiger partial charge in [0.25, 0.3) is 0 Å². The predicted octanol–water partition coefficient (Wildman–Crippen LogP) is 3.68. The van der Waals surface area contributed by atoms with E-state index in [9.17, 15) is 8.42 Å². The van der Waals surface area contributed by atoms with E-state index in [-0.39, 0.29) is 9.92 Å². The zero-order valence-corrected chi connectivity index (χ0v) is 15.6. The number of rotatable bonds is 2. The van der Waals surface area contributed by atoms with Crippen LogP contribution in [0.2, 0.25) is 5.02 Å². The Morgan fingerprint density at radius 2 is 1.71 bits per heavy atom. The van der Waals surface area contributed by atoms with Crippen molar-refractivity contribution in [3.63, 3.8) is 0 Å². The van der Waals surface area contributed by atoms with E-state index in [2.05, 4.69) is 15.9 Å². The molecule has 1 fully saturated rings. The van der Waals surface area contributed by atoms with E-state index >= 15 is 0 Å². The molecule has 0 spiro atoms. The molecule has 2 rings (SSSR count). The molecule has 0 radical (unpaired) electrons. The first-order valence-electron chi connectivity index (χ1n) is 6.58. The maximum Gasteiger partial charge on any atom is 0.244 e. The largest absolute Gasteiger partial charge is 0.367 e. The van der Waals surface area contributed by atoms with Crippen LogP contribution in [0.5, 0.6) is 0 Å². The van der Waals surface area contributed by atoms with Gasteiger partial charge in [0.15, 0.2) is 0 Å². The van der Waals surface area contributed by atoms with Crippen LogP contribution in [0.3, 0.4) is 0 Å². The summed E-state index contributed by atoms with van der Waals surface area (Å²) in [4.78, 5) is 0.126. The van der Waals surface area contributed by atoms with Gasteiger partial charge in [-0.1, -0.05) is 27.5 Å². The Balaban J connectivity index is 2.43. The highest BCUT2D eigenvalue weighted by Gasteiger charge is 2.43. The van der Waals surface area contributed by atoms with E-state index in [1.165, 1.54) is 10.4 Å². The highest BCUT2D eigenvalue weighted by atomic mass is 79.9. The maximum atomic E-state index is 12.9. The summed E-state index contributed by atoms with van der Waals surface area (Å²) in [7, 11) is -3.65. The van der Waals surface area contributed by atoms with E-state index in [1.54, 1.807) is 12.1 Å². The number of hydrogen-bond donors (Lipinski definition) is 0. The van der Waals surface area contributed by atoms with Crippen molar-refractivity contribution in [1.82, 2.24) is 4.31 Å². The van der Waals surface area contributed by atoms with Gasteiger partial charge in [-0.05, 0) is 45.9 Å². The molecule has 1 aliphatic rings. The van der Waals surface area contributed by atoms with Gasteiger partial charge in [0.05, 0.1) is 16.2 Å². The average Bonchev–Trinajstić information content (AvgIpc) is 2.23. The third-order valence-corrected chi connectivity index (χ3v) is 5.95. The van der Waals surface area contributed by atoms with Crippen molar-refractivity contribution in [2.75, 3.05) is 13.1 Å². The monoisotopic (exact) mass is 395 g/mol. The summed E-state index contributed by atoms with van der Waals surface area (Å²) in [5.41, 5.74) is -1.09. The fourth-order valence-corrected chi connectivity index (χ4v) is 5.46. The van der Waals surface area contributed by atoms with Crippen molar-refractivity contribution in [2.45, 2.75) is 43.8 Å². The number of sulfonamides is 1. The summed E-state index contributed by atoms with van der Waals surface area (Å²) in [6, 6.07) is 4.79. The number of hydrogen-bond acceptors (Lipinski definition) is 3. The lowest BCUT2D eigenvalue weighted by Gasteiger charge is -2.46. The van der Waals surface area contributed by atoms with Crippen LogP contribution in [0.1, 0.15) is 27.7 Å². The highest BCUT2D eigenvalue weighted by Crippen LogP contribution is 2.34. The van der Waals surface area contributed by atoms with Crippen molar-refractivity contribution < 1.29 is 13.2 Å². The first kappa shape index (κ1) is 17.2. The Kier molecular flexibility index (Phi) is 4.50. The molecule has 0 aliphatic carbocycles. The van der Waals surface area contributed by atoms with Gasteiger partial charge in [-0.25, -0.2) is 8.42 Å². The summed E-state index contributed by atoms with van der Waals surface area (Å²) in [5.74, 6) is 0. The molecule has 1 heterocycles. The second kappa shape index (κ2) is 5.49. The second-order valence-electron chi connectivity index (χ2n) is 6.47. The van der Waals surface area contributed by atoms with Gasteiger partial charge in [-0.3, -0.25) is 0 Å². The molecule has 1 aromatic carbocycles. The third kappa shape index (κ3) is 3.79. The predicted molar refractivity (Wildman–Crippen MR) is 87.2 cm³/mol. The molecule has 118 valence electrons. The number of benzene rings is 1. The lowest BCUT2D eigenvalue weighted by atomic mass is 10.0. The number of ether oxygens (including phenoxy) is 1. The Morgan fingerprint density at radius 3 is 2.19 bits per heavy atom. The Morgan fingerprint density at radius 1 is 1.19 bits per heavy atom. The molecule has 1 saturated heterocycles. The summed E-state index contributed by atoms with van der Waals surface area (Å²) in [6.07, 6.45) is 0. The Bertz CT molecular complexity index is 642. The van der Waals surface area contributed by atoms with Gasteiger partial charge >= 0.3 is 0 Å². The molecular formula is C14H19BrClNO3S. The van der Waals surface area contributed by atoms with Gasteiger partial charge in [-0.2, -0.15) is 4.31 Å². The molecule has 1 aromatic rings. The van der Waals surface area contributed by atoms with Crippen LogP contribution in [0, 0.1) is 0 Å². The number of halogens is 2. The minimum atomic E-state index is -3.65. The van der Waals surface area contributed by atoms with Gasteiger partial charge in [-0.15, -0.1) is 0 Å². The molecule has 7 heteroatoms. The molecule has 4 nitrogen and oxygen atoms in total. The zero-order valence-electron chi connectivity index (χ0n) is 12.5. The molecule has 0 unspecified atom stereocenters. The van der Waals surface area contributed by atoms with Gasteiger partial charge in [0.1, 0.15) is 4.90 Å². The summed E-state index contributed by atoms with van der Waals surface area (Å²) in [6.45, 7) is 8.15. The van der Waals surface area contributed by atoms with E-state index in [4.69, 9.17) is 16.3 Å². The normalized spacial score (nSPS) is 22.2. The minimum absolute atomic E-state index is 0.126. The van der Waals surface area contributed by atoms with Crippen LogP contribution in [0.25, 0.3) is 0 Å². The number of morpholine rings is 1. The van der Waals surface area contributed by atoms with Crippen LogP contribution in [-0.2, 0) is 14.8 Å². The van der Waals surface area contributed by atoms with E-state index in [0.29, 0.717) is 13.1 Å². The van der Waals surface area contributed by atoms with Crippen LogP contribution < -0.4 is 0 Å². The Hall–Kier alpha value is -0.140. The summed E-state index contributed by atoms with van der Waals surface area (Å²) < 4.78 is 33.9. The SMILES string of the molecule is CC1(C)CN(S(=O)(=O)c2ccc(Br)cc2Cl)CC(C)(C)O1. The fraction of sp³-hybridized carbons (Fsp3) is 0.571.